The maximum atomic E-state index is 13.1. The van der Waals surface area contributed by atoms with Crippen LogP contribution in [0, 0.1) is 0 Å². The molecule has 5 rings (SSSR count). The number of nitrogens with zero attached hydrogens (tertiary/aromatic N) is 3. The van der Waals surface area contributed by atoms with Gasteiger partial charge in [-0.15, -0.1) is 21.5 Å². The number of amides is 2. The van der Waals surface area contributed by atoms with Crippen LogP contribution < -0.4 is 15.4 Å². The second-order valence-corrected chi connectivity index (χ2v) is 12.5. The van der Waals surface area contributed by atoms with E-state index in [0.717, 1.165) is 66.7 Å². The Morgan fingerprint density at radius 1 is 1.05 bits per heavy atom. The van der Waals surface area contributed by atoms with Crippen LogP contribution >= 0.6 is 23.1 Å². The molecule has 2 aliphatic carbocycles. The zero-order valence-corrected chi connectivity index (χ0v) is 25.7. The normalized spacial score (nSPS) is 14.8. The molecule has 1 aromatic carbocycles. The second kappa shape index (κ2) is 14.2. The summed E-state index contributed by atoms with van der Waals surface area (Å²) >= 11 is 2.80. The Morgan fingerprint density at radius 2 is 1.83 bits per heavy atom. The lowest BCUT2D eigenvalue weighted by Gasteiger charge is -2.25. The van der Waals surface area contributed by atoms with E-state index in [1.165, 1.54) is 29.5 Å². The van der Waals surface area contributed by atoms with Crippen LogP contribution in [0.4, 0.5) is 5.00 Å². The van der Waals surface area contributed by atoms with Gasteiger partial charge in [0.1, 0.15) is 10.8 Å². The molecule has 2 aliphatic rings. The molecule has 3 aromatic rings. The van der Waals surface area contributed by atoms with Crippen molar-refractivity contribution in [3.05, 3.63) is 51.7 Å². The Bertz CT molecular complexity index is 1410. The van der Waals surface area contributed by atoms with Crippen LogP contribution in [0.3, 0.4) is 0 Å². The lowest BCUT2D eigenvalue weighted by atomic mass is 9.95. The topological polar surface area (TPSA) is 124 Å². The Morgan fingerprint density at radius 3 is 2.57 bits per heavy atom. The first-order valence-corrected chi connectivity index (χ1v) is 16.3. The minimum absolute atomic E-state index is 0.104. The van der Waals surface area contributed by atoms with E-state index in [-0.39, 0.29) is 49.2 Å². The molecule has 2 amide bonds. The van der Waals surface area contributed by atoms with Crippen molar-refractivity contribution in [3.63, 3.8) is 0 Å². The van der Waals surface area contributed by atoms with Gasteiger partial charge >= 0.3 is 5.97 Å². The lowest BCUT2D eigenvalue weighted by molar-refractivity contribution is -0.120. The highest BCUT2D eigenvalue weighted by Gasteiger charge is 2.29. The van der Waals surface area contributed by atoms with Gasteiger partial charge in [-0.1, -0.05) is 43.2 Å². The monoisotopic (exact) mass is 611 g/mol. The molecule has 224 valence electrons. The van der Waals surface area contributed by atoms with E-state index < -0.39 is 0 Å². The molecule has 42 heavy (non-hydrogen) atoms. The van der Waals surface area contributed by atoms with Crippen molar-refractivity contribution in [2.75, 3.05) is 24.8 Å². The third-order valence-corrected chi connectivity index (χ3v) is 9.78. The maximum absolute atomic E-state index is 13.1. The van der Waals surface area contributed by atoms with E-state index in [1.807, 2.05) is 24.3 Å². The first kappa shape index (κ1) is 30.1. The van der Waals surface area contributed by atoms with Gasteiger partial charge in [0.25, 0.3) is 0 Å². The molecule has 0 aliphatic heterocycles. The SMILES string of the molecule is CCOC(=O)c1c(NC(=O)CSc2nnc(CNC(=O)Cc3ccc(OC)cc3)n2C2CCCCC2)sc2c1CCC2. The number of anilines is 1. The van der Waals surface area contributed by atoms with E-state index in [1.54, 1.807) is 14.0 Å². The van der Waals surface area contributed by atoms with Gasteiger partial charge in [-0.05, 0) is 62.3 Å². The Hall–Kier alpha value is -3.38. The number of thiophene rings is 1. The number of aryl methyl sites for hydroxylation is 1. The van der Waals surface area contributed by atoms with Crippen molar-refractivity contribution < 1.29 is 23.9 Å². The van der Waals surface area contributed by atoms with E-state index >= 15 is 0 Å². The van der Waals surface area contributed by atoms with E-state index in [2.05, 4.69) is 25.4 Å². The maximum Gasteiger partial charge on any atom is 0.341 e. The van der Waals surface area contributed by atoms with Gasteiger partial charge in [0, 0.05) is 10.9 Å². The molecule has 0 atom stereocenters. The van der Waals surface area contributed by atoms with E-state index in [9.17, 15) is 14.4 Å². The number of esters is 1. The van der Waals surface area contributed by atoms with Crippen LogP contribution in [0.5, 0.6) is 5.75 Å². The standard InChI is InChI=1S/C30H37N5O5S2/c1-3-40-29(38)27-22-10-7-11-23(22)42-28(27)32-26(37)18-41-30-34-33-24(35(30)20-8-5-4-6-9-20)17-31-25(36)16-19-12-14-21(39-2)15-13-19/h12-15,20H,3-11,16-18H2,1-2H3,(H,31,36)(H,32,37). The number of benzene rings is 1. The van der Waals surface area contributed by atoms with Crippen LogP contribution in [-0.2, 0) is 40.1 Å². The highest BCUT2D eigenvalue weighted by molar-refractivity contribution is 7.99. The van der Waals surface area contributed by atoms with Gasteiger partial charge in [0.15, 0.2) is 11.0 Å². The minimum Gasteiger partial charge on any atom is -0.497 e. The summed E-state index contributed by atoms with van der Waals surface area (Å²) in [5.74, 6) is 0.865. The summed E-state index contributed by atoms with van der Waals surface area (Å²) in [6.45, 7) is 2.32. The first-order chi connectivity index (χ1) is 20.5. The number of hydrogen-bond donors (Lipinski definition) is 2. The summed E-state index contributed by atoms with van der Waals surface area (Å²) in [6.07, 6.45) is 8.47. The van der Waals surface area contributed by atoms with Crippen molar-refractivity contribution in [1.82, 2.24) is 20.1 Å². The number of rotatable bonds is 12. The van der Waals surface area contributed by atoms with Gasteiger partial charge in [-0.3, -0.25) is 9.59 Å². The smallest absolute Gasteiger partial charge is 0.341 e. The van der Waals surface area contributed by atoms with Gasteiger partial charge in [0.05, 0.1) is 38.0 Å². The fourth-order valence-electron chi connectivity index (χ4n) is 5.61. The van der Waals surface area contributed by atoms with Crippen LogP contribution in [0.2, 0.25) is 0 Å². The number of carbonyl (C=O) groups is 3. The number of nitrogens with one attached hydrogen (secondary N) is 2. The fourth-order valence-corrected chi connectivity index (χ4v) is 7.72. The zero-order valence-electron chi connectivity index (χ0n) is 24.1. The molecule has 2 N–H and O–H groups in total. The Kier molecular flexibility index (Phi) is 10.2. The van der Waals surface area contributed by atoms with Gasteiger partial charge in [-0.2, -0.15) is 0 Å². The summed E-state index contributed by atoms with van der Waals surface area (Å²) < 4.78 is 12.6. The Balaban J connectivity index is 1.24. The molecule has 0 radical (unpaired) electrons. The number of fused-ring (bicyclic) bond motifs is 1. The fraction of sp³-hybridized carbons (Fsp3) is 0.500. The molecular formula is C30H37N5O5S2. The number of aromatic nitrogens is 3. The van der Waals surface area contributed by atoms with Gasteiger partial charge < -0.3 is 24.7 Å². The van der Waals surface area contributed by atoms with Crippen LogP contribution in [0.25, 0.3) is 0 Å². The number of carbonyl (C=O) groups excluding carboxylic acids is 3. The molecule has 0 spiro atoms. The third-order valence-electron chi connectivity index (χ3n) is 7.63. The molecular weight excluding hydrogens is 574 g/mol. The van der Waals surface area contributed by atoms with Gasteiger partial charge in [0.2, 0.25) is 11.8 Å². The predicted octanol–water partition coefficient (Wildman–Crippen LogP) is 5.11. The van der Waals surface area contributed by atoms with Crippen LogP contribution in [0.1, 0.15) is 83.7 Å². The predicted molar refractivity (Wildman–Crippen MR) is 162 cm³/mol. The van der Waals surface area contributed by atoms with Crippen molar-refractivity contribution in [1.29, 1.82) is 0 Å². The zero-order chi connectivity index (χ0) is 29.5. The lowest BCUT2D eigenvalue weighted by Crippen LogP contribution is -2.27. The Labute approximate surface area is 254 Å². The van der Waals surface area contributed by atoms with E-state index in [0.29, 0.717) is 21.5 Å². The molecule has 0 saturated heterocycles. The number of ether oxygens (including phenoxy) is 2. The molecule has 2 heterocycles. The molecule has 2 aromatic heterocycles. The highest BCUT2D eigenvalue weighted by atomic mass is 32.2. The third kappa shape index (κ3) is 7.15. The van der Waals surface area contributed by atoms with Crippen molar-refractivity contribution in [3.8, 4) is 5.75 Å². The molecule has 12 heteroatoms. The first-order valence-electron chi connectivity index (χ1n) is 14.5. The largest absolute Gasteiger partial charge is 0.497 e. The second-order valence-electron chi connectivity index (χ2n) is 10.5. The summed E-state index contributed by atoms with van der Waals surface area (Å²) in [4.78, 5) is 39.6. The van der Waals surface area contributed by atoms with Crippen molar-refractivity contribution in [2.45, 2.75) is 82.5 Å². The molecule has 1 saturated carbocycles. The molecule has 0 bridgehead atoms. The highest BCUT2D eigenvalue weighted by Crippen LogP contribution is 2.40. The molecule has 0 unspecified atom stereocenters. The quantitative estimate of drug-likeness (QED) is 0.214. The average Bonchev–Trinajstić information content (AvgIpc) is 3.70. The summed E-state index contributed by atoms with van der Waals surface area (Å²) in [6, 6.07) is 7.66. The van der Waals surface area contributed by atoms with Crippen LogP contribution in [-0.4, -0.2) is 52.0 Å². The molecule has 1 fully saturated rings. The van der Waals surface area contributed by atoms with Gasteiger partial charge in [-0.25, -0.2) is 4.79 Å². The van der Waals surface area contributed by atoms with Crippen molar-refractivity contribution in [2.24, 2.45) is 0 Å². The number of thioether (sulfide) groups is 1. The average molecular weight is 612 g/mol. The summed E-state index contributed by atoms with van der Waals surface area (Å²) in [5.41, 5.74) is 2.41. The summed E-state index contributed by atoms with van der Waals surface area (Å²) in [5, 5.41) is 16.0. The van der Waals surface area contributed by atoms with Crippen molar-refractivity contribution >= 4 is 45.9 Å². The molecule has 10 nitrogen and oxygen atoms in total. The van der Waals surface area contributed by atoms with Crippen LogP contribution in [0.15, 0.2) is 29.4 Å². The minimum atomic E-state index is -0.379. The van der Waals surface area contributed by atoms with E-state index in [4.69, 9.17) is 9.47 Å². The summed E-state index contributed by atoms with van der Waals surface area (Å²) in [7, 11) is 1.61. The number of hydrogen-bond acceptors (Lipinski definition) is 9. The number of methoxy groups -OCH3 is 1.